The van der Waals surface area contributed by atoms with E-state index in [1.165, 1.54) is 38.5 Å². The van der Waals surface area contributed by atoms with E-state index in [1.807, 2.05) is 0 Å². The van der Waals surface area contributed by atoms with Gasteiger partial charge in [-0.2, -0.15) is 0 Å². The van der Waals surface area contributed by atoms with Crippen LogP contribution in [0.2, 0.25) is 0 Å². The lowest BCUT2D eigenvalue weighted by molar-refractivity contribution is 0.209. The molecule has 0 heterocycles. The van der Waals surface area contributed by atoms with Crippen LogP contribution < -0.4 is 10.6 Å². The highest BCUT2D eigenvalue weighted by molar-refractivity contribution is 7.80. The van der Waals surface area contributed by atoms with Crippen LogP contribution in [0.4, 0.5) is 0 Å². The molecule has 1 fully saturated rings. The van der Waals surface area contributed by atoms with Gasteiger partial charge < -0.3 is 10.6 Å². The Labute approximate surface area is 92.8 Å². The quantitative estimate of drug-likeness (QED) is 0.543. The van der Waals surface area contributed by atoms with Gasteiger partial charge in [-0.05, 0) is 44.3 Å². The number of rotatable bonds is 5. The Morgan fingerprint density at radius 3 is 2.50 bits per heavy atom. The van der Waals surface area contributed by atoms with E-state index >= 15 is 0 Å². The van der Waals surface area contributed by atoms with Crippen LogP contribution in [0, 0.1) is 0 Å². The lowest BCUT2D eigenvalue weighted by Gasteiger charge is -2.42. The second-order valence-electron chi connectivity index (χ2n) is 4.22. The molecule has 1 rings (SSSR count). The average Bonchev–Trinajstić information content (AvgIpc) is 2.12. The third kappa shape index (κ3) is 3.12. The van der Waals surface area contributed by atoms with Crippen LogP contribution in [0.5, 0.6) is 0 Å². The summed E-state index contributed by atoms with van der Waals surface area (Å²) in [6.07, 6.45) is 7.49. The van der Waals surface area contributed by atoms with Crippen LogP contribution in [0.3, 0.4) is 0 Å². The fourth-order valence-electron chi connectivity index (χ4n) is 1.83. The van der Waals surface area contributed by atoms with Crippen LogP contribution >= 0.6 is 12.2 Å². The lowest BCUT2D eigenvalue weighted by atomic mass is 9.75. The minimum atomic E-state index is 0.330. The summed E-state index contributed by atoms with van der Waals surface area (Å²) in [6.45, 7) is 5.43. The van der Waals surface area contributed by atoms with Gasteiger partial charge in [0.25, 0.3) is 0 Å². The molecule has 1 saturated carbocycles. The van der Waals surface area contributed by atoms with Crippen molar-refractivity contribution in [2.75, 3.05) is 6.54 Å². The molecular formula is C11H22N2S. The van der Waals surface area contributed by atoms with Crippen LogP contribution in [0.15, 0.2) is 0 Å². The minimum Gasteiger partial charge on any atom is -0.363 e. The normalized spacial score (nSPS) is 18.4. The van der Waals surface area contributed by atoms with Crippen LogP contribution in [0.1, 0.15) is 52.4 Å². The van der Waals surface area contributed by atoms with Crippen LogP contribution in [-0.2, 0) is 0 Å². The SMILES string of the molecule is CCCCNC(=S)NC1(CC)CCC1. The summed E-state index contributed by atoms with van der Waals surface area (Å²) in [4.78, 5) is 0. The van der Waals surface area contributed by atoms with Crippen LogP contribution in [-0.4, -0.2) is 17.2 Å². The Kier molecular flexibility index (Phi) is 4.66. The first-order valence-corrected chi connectivity index (χ1v) is 6.19. The highest BCUT2D eigenvalue weighted by atomic mass is 32.1. The first kappa shape index (κ1) is 11.8. The fraction of sp³-hybridized carbons (Fsp3) is 0.909. The molecule has 0 amide bonds. The molecule has 0 aromatic heterocycles. The van der Waals surface area contributed by atoms with E-state index in [0.29, 0.717) is 5.54 Å². The maximum Gasteiger partial charge on any atom is 0.166 e. The number of unbranched alkanes of at least 4 members (excludes halogenated alkanes) is 1. The van der Waals surface area contributed by atoms with Gasteiger partial charge in [0.15, 0.2) is 5.11 Å². The predicted molar refractivity (Wildman–Crippen MR) is 65.5 cm³/mol. The third-order valence-electron chi connectivity index (χ3n) is 3.18. The van der Waals surface area contributed by atoms with Gasteiger partial charge in [-0.15, -0.1) is 0 Å². The van der Waals surface area contributed by atoms with E-state index in [1.54, 1.807) is 0 Å². The zero-order valence-corrected chi connectivity index (χ0v) is 10.2. The van der Waals surface area contributed by atoms with Crippen molar-refractivity contribution in [2.45, 2.75) is 57.9 Å². The van der Waals surface area contributed by atoms with Crippen molar-refractivity contribution in [1.29, 1.82) is 0 Å². The Hall–Kier alpha value is -0.310. The largest absolute Gasteiger partial charge is 0.363 e. The number of hydrogen-bond acceptors (Lipinski definition) is 1. The molecule has 0 aromatic carbocycles. The number of hydrogen-bond donors (Lipinski definition) is 2. The Morgan fingerprint density at radius 1 is 1.36 bits per heavy atom. The summed E-state index contributed by atoms with van der Waals surface area (Å²) < 4.78 is 0. The molecular weight excluding hydrogens is 192 g/mol. The molecule has 0 aliphatic heterocycles. The van der Waals surface area contributed by atoms with E-state index in [-0.39, 0.29) is 0 Å². The molecule has 2 nitrogen and oxygen atoms in total. The van der Waals surface area contributed by atoms with Crippen molar-refractivity contribution in [1.82, 2.24) is 10.6 Å². The summed E-state index contributed by atoms with van der Waals surface area (Å²) in [5, 5.41) is 7.57. The second kappa shape index (κ2) is 5.54. The number of nitrogens with one attached hydrogen (secondary N) is 2. The summed E-state index contributed by atoms with van der Waals surface area (Å²) in [6, 6.07) is 0. The zero-order valence-electron chi connectivity index (χ0n) is 9.36. The highest BCUT2D eigenvalue weighted by Crippen LogP contribution is 2.34. The van der Waals surface area contributed by atoms with Crippen molar-refractivity contribution < 1.29 is 0 Å². The Morgan fingerprint density at radius 2 is 2.07 bits per heavy atom. The highest BCUT2D eigenvalue weighted by Gasteiger charge is 2.35. The van der Waals surface area contributed by atoms with Crippen molar-refractivity contribution in [3.05, 3.63) is 0 Å². The molecule has 0 bridgehead atoms. The van der Waals surface area contributed by atoms with Gasteiger partial charge in [0, 0.05) is 12.1 Å². The molecule has 14 heavy (non-hydrogen) atoms. The molecule has 1 aliphatic rings. The van der Waals surface area contributed by atoms with E-state index in [9.17, 15) is 0 Å². The van der Waals surface area contributed by atoms with Gasteiger partial charge in [0.05, 0.1) is 0 Å². The van der Waals surface area contributed by atoms with Crippen molar-refractivity contribution in [3.8, 4) is 0 Å². The fourth-order valence-corrected chi connectivity index (χ4v) is 2.15. The summed E-state index contributed by atoms with van der Waals surface area (Å²) in [7, 11) is 0. The summed E-state index contributed by atoms with van der Waals surface area (Å²) in [5.74, 6) is 0. The first-order valence-electron chi connectivity index (χ1n) is 5.78. The molecule has 82 valence electrons. The molecule has 1 aliphatic carbocycles. The number of thiocarbonyl (C=S) groups is 1. The van der Waals surface area contributed by atoms with E-state index in [0.717, 1.165) is 11.7 Å². The Balaban J connectivity index is 2.18. The van der Waals surface area contributed by atoms with Gasteiger partial charge in [0.2, 0.25) is 0 Å². The molecule has 0 saturated heterocycles. The van der Waals surface area contributed by atoms with Crippen LogP contribution in [0.25, 0.3) is 0 Å². The van der Waals surface area contributed by atoms with Gasteiger partial charge in [-0.1, -0.05) is 20.3 Å². The molecule has 2 N–H and O–H groups in total. The minimum absolute atomic E-state index is 0.330. The van der Waals surface area contributed by atoms with Crippen molar-refractivity contribution in [2.24, 2.45) is 0 Å². The van der Waals surface area contributed by atoms with E-state index in [4.69, 9.17) is 12.2 Å². The molecule has 3 heteroatoms. The summed E-state index contributed by atoms with van der Waals surface area (Å²) >= 11 is 5.26. The van der Waals surface area contributed by atoms with E-state index in [2.05, 4.69) is 24.5 Å². The average molecular weight is 214 g/mol. The summed E-state index contributed by atoms with van der Waals surface area (Å²) in [5.41, 5.74) is 0.330. The monoisotopic (exact) mass is 214 g/mol. The van der Waals surface area contributed by atoms with Gasteiger partial charge in [-0.25, -0.2) is 0 Å². The molecule has 0 spiro atoms. The van der Waals surface area contributed by atoms with Gasteiger partial charge in [-0.3, -0.25) is 0 Å². The van der Waals surface area contributed by atoms with Gasteiger partial charge >= 0.3 is 0 Å². The molecule has 0 atom stereocenters. The first-order chi connectivity index (χ1) is 6.72. The predicted octanol–water partition coefficient (Wildman–Crippen LogP) is 2.58. The molecule has 0 aromatic rings. The topological polar surface area (TPSA) is 24.1 Å². The smallest absolute Gasteiger partial charge is 0.166 e. The van der Waals surface area contributed by atoms with Crippen molar-refractivity contribution in [3.63, 3.8) is 0 Å². The second-order valence-corrected chi connectivity index (χ2v) is 4.63. The third-order valence-corrected chi connectivity index (χ3v) is 3.43. The molecule has 0 radical (unpaired) electrons. The standard InChI is InChI=1S/C11H22N2S/c1-3-5-9-12-10(14)13-11(4-2)7-6-8-11/h3-9H2,1-2H3,(H2,12,13,14). The maximum absolute atomic E-state index is 5.26. The Bertz CT molecular complexity index is 182. The molecule has 0 unspecified atom stereocenters. The maximum atomic E-state index is 5.26. The van der Waals surface area contributed by atoms with E-state index < -0.39 is 0 Å². The zero-order chi connectivity index (χ0) is 10.4. The van der Waals surface area contributed by atoms with Gasteiger partial charge in [0.1, 0.15) is 0 Å². The van der Waals surface area contributed by atoms with Crippen molar-refractivity contribution >= 4 is 17.3 Å². The lowest BCUT2D eigenvalue weighted by Crippen LogP contribution is -2.55.